The molecule has 0 bridgehead atoms. The molecule has 1 amide bonds. The van der Waals surface area contributed by atoms with E-state index in [2.05, 4.69) is 0 Å². The average Bonchev–Trinajstić information content (AvgIpc) is 2.18. The largest absolute Gasteiger partial charge is 0.419 e. The second-order valence-electron chi connectivity index (χ2n) is 2.76. The fourth-order valence-corrected chi connectivity index (χ4v) is 0.861. The second-order valence-corrected chi connectivity index (χ2v) is 3.35. The summed E-state index contributed by atoms with van der Waals surface area (Å²) in [4.78, 5) is 13.1. The summed E-state index contributed by atoms with van der Waals surface area (Å²) in [6.07, 6.45) is -0.469. The highest BCUT2D eigenvalue weighted by atomic mass is 32.1. The predicted octanol–water partition coefficient (Wildman–Crippen LogP) is 2.46. The number of hydrogen-bond acceptors (Lipinski definition) is 3. The van der Waals surface area contributed by atoms with Gasteiger partial charge in [0.15, 0.2) is 0 Å². The molecule has 14 heavy (non-hydrogen) atoms. The van der Waals surface area contributed by atoms with Gasteiger partial charge in [0.05, 0.1) is 4.99 Å². The van der Waals surface area contributed by atoms with Gasteiger partial charge in [-0.25, -0.2) is 4.79 Å². The van der Waals surface area contributed by atoms with Crippen LogP contribution in [-0.2, 0) is 0 Å². The number of thiocarbonyl (C=S) groups is 1. The minimum Gasteiger partial charge on any atom is -0.410 e. The maximum atomic E-state index is 11.4. The molecule has 0 saturated carbocycles. The van der Waals surface area contributed by atoms with E-state index in [4.69, 9.17) is 17.0 Å². The first-order valence-corrected chi connectivity index (χ1v) is 4.53. The van der Waals surface area contributed by atoms with E-state index in [1.165, 1.54) is 4.90 Å². The molecule has 3 nitrogen and oxygen atoms in total. The zero-order valence-corrected chi connectivity index (χ0v) is 8.88. The van der Waals surface area contributed by atoms with Gasteiger partial charge >= 0.3 is 6.09 Å². The van der Waals surface area contributed by atoms with Gasteiger partial charge in [-0.05, 0) is 19.1 Å². The molecule has 0 saturated heterocycles. The normalized spacial score (nSPS) is 9.29. The Labute approximate surface area is 88.3 Å². The Morgan fingerprint density at radius 2 is 1.93 bits per heavy atom. The number of para-hydroxylation sites is 1. The molecule has 0 spiro atoms. The molecule has 1 rings (SSSR count). The number of amides is 1. The van der Waals surface area contributed by atoms with Gasteiger partial charge in [0.25, 0.3) is 0 Å². The summed E-state index contributed by atoms with van der Waals surface area (Å²) >= 11 is 4.84. The Balaban J connectivity index is 2.62. The first-order chi connectivity index (χ1) is 6.61. The van der Waals surface area contributed by atoms with Crippen LogP contribution in [-0.4, -0.2) is 23.0 Å². The second kappa shape index (κ2) is 4.72. The lowest BCUT2D eigenvalue weighted by Crippen LogP contribution is -2.32. The number of ether oxygens (including phenoxy) is 1. The molecule has 0 aliphatic heterocycles. The lowest BCUT2D eigenvalue weighted by molar-refractivity contribution is 0.183. The summed E-state index contributed by atoms with van der Waals surface area (Å²) in [5.41, 5.74) is 0. The molecule has 1 aromatic rings. The molecule has 0 heterocycles. The van der Waals surface area contributed by atoms with Crippen LogP contribution in [0.5, 0.6) is 5.75 Å². The molecule has 74 valence electrons. The maximum Gasteiger partial charge on any atom is 0.419 e. The molecule has 0 aliphatic carbocycles. The van der Waals surface area contributed by atoms with Gasteiger partial charge < -0.3 is 4.74 Å². The SMILES string of the molecule is CC(=S)N(C)C(=O)Oc1ccccc1. The van der Waals surface area contributed by atoms with E-state index in [1.54, 1.807) is 38.2 Å². The molecule has 1 aromatic carbocycles. The first kappa shape index (κ1) is 10.7. The van der Waals surface area contributed by atoms with Crippen LogP contribution in [0.3, 0.4) is 0 Å². The van der Waals surface area contributed by atoms with E-state index in [1.807, 2.05) is 6.07 Å². The van der Waals surface area contributed by atoms with Crippen LogP contribution >= 0.6 is 12.2 Å². The van der Waals surface area contributed by atoms with Gasteiger partial charge in [0, 0.05) is 7.05 Å². The molecular weight excluding hydrogens is 198 g/mol. The maximum absolute atomic E-state index is 11.4. The molecule has 0 radical (unpaired) electrons. The van der Waals surface area contributed by atoms with Crippen molar-refractivity contribution in [1.82, 2.24) is 4.90 Å². The zero-order chi connectivity index (χ0) is 10.6. The van der Waals surface area contributed by atoms with Crippen LogP contribution in [0.2, 0.25) is 0 Å². The third-order valence-electron chi connectivity index (χ3n) is 1.69. The van der Waals surface area contributed by atoms with E-state index >= 15 is 0 Å². The van der Waals surface area contributed by atoms with Gasteiger partial charge in [-0.3, -0.25) is 4.90 Å². The van der Waals surface area contributed by atoms with Crippen LogP contribution in [0.1, 0.15) is 6.92 Å². The topological polar surface area (TPSA) is 29.5 Å². The lowest BCUT2D eigenvalue weighted by atomic mass is 10.3. The summed E-state index contributed by atoms with van der Waals surface area (Å²) < 4.78 is 5.04. The smallest absolute Gasteiger partial charge is 0.410 e. The highest BCUT2D eigenvalue weighted by molar-refractivity contribution is 7.80. The number of carbonyl (C=O) groups excluding carboxylic acids is 1. The quantitative estimate of drug-likeness (QED) is 0.665. The van der Waals surface area contributed by atoms with E-state index in [0.29, 0.717) is 10.7 Å². The van der Waals surface area contributed by atoms with Crippen molar-refractivity contribution in [2.24, 2.45) is 0 Å². The van der Waals surface area contributed by atoms with Crippen molar-refractivity contribution in [3.05, 3.63) is 30.3 Å². The summed E-state index contributed by atoms with van der Waals surface area (Å²) in [7, 11) is 1.58. The molecular formula is C10H11NO2S. The monoisotopic (exact) mass is 209 g/mol. The molecule has 0 aliphatic rings. The first-order valence-electron chi connectivity index (χ1n) is 4.12. The van der Waals surface area contributed by atoms with Crippen molar-refractivity contribution >= 4 is 23.3 Å². The average molecular weight is 209 g/mol. The zero-order valence-electron chi connectivity index (χ0n) is 8.06. The van der Waals surface area contributed by atoms with Crippen LogP contribution in [0.25, 0.3) is 0 Å². The summed E-state index contributed by atoms with van der Waals surface area (Å²) in [5.74, 6) is 0.514. The van der Waals surface area contributed by atoms with Gasteiger partial charge in [-0.2, -0.15) is 0 Å². The third kappa shape index (κ3) is 2.81. The van der Waals surface area contributed by atoms with Crippen molar-refractivity contribution in [2.45, 2.75) is 6.92 Å². The highest BCUT2D eigenvalue weighted by Crippen LogP contribution is 2.09. The van der Waals surface area contributed by atoms with Crippen molar-refractivity contribution in [3.8, 4) is 5.75 Å². The summed E-state index contributed by atoms with van der Waals surface area (Å²) in [5, 5.41) is 0. The fourth-order valence-electron chi connectivity index (χ4n) is 0.786. The number of carbonyl (C=O) groups is 1. The van der Waals surface area contributed by atoms with Gasteiger partial charge in [-0.1, -0.05) is 30.4 Å². The van der Waals surface area contributed by atoms with Crippen LogP contribution < -0.4 is 4.74 Å². The Morgan fingerprint density at radius 3 is 2.43 bits per heavy atom. The van der Waals surface area contributed by atoms with Crippen molar-refractivity contribution < 1.29 is 9.53 Å². The van der Waals surface area contributed by atoms with Crippen molar-refractivity contribution in [2.75, 3.05) is 7.05 Å². The minimum absolute atomic E-state index is 0.469. The summed E-state index contributed by atoms with van der Waals surface area (Å²) in [6, 6.07) is 8.88. The Kier molecular flexibility index (Phi) is 3.59. The molecule has 0 unspecified atom stereocenters. The number of nitrogens with zero attached hydrogens (tertiary/aromatic N) is 1. The Hall–Kier alpha value is -1.42. The van der Waals surface area contributed by atoms with Gasteiger partial charge in [0.2, 0.25) is 0 Å². The number of hydrogen-bond donors (Lipinski definition) is 0. The molecule has 4 heteroatoms. The fraction of sp³-hybridized carbons (Fsp3) is 0.200. The van der Waals surface area contributed by atoms with E-state index < -0.39 is 6.09 Å². The molecule has 0 N–H and O–H groups in total. The number of rotatable bonds is 1. The standard InChI is InChI=1S/C10H11NO2S/c1-8(14)11(2)10(12)13-9-6-4-3-5-7-9/h3-7H,1-2H3. The lowest BCUT2D eigenvalue weighted by Gasteiger charge is -2.14. The van der Waals surface area contributed by atoms with Crippen LogP contribution in [0.15, 0.2) is 30.3 Å². The van der Waals surface area contributed by atoms with Crippen molar-refractivity contribution in [3.63, 3.8) is 0 Å². The Morgan fingerprint density at radius 1 is 1.36 bits per heavy atom. The number of benzene rings is 1. The van der Waals surface area contributed by atoms with E-state index in [9.17, 15) is 4.79 Å². The van der Waals surface area contributed by atoms with Crippen LogP contribution in [0, 0.1) is 0 Å². The van der Waals surface area contributed by atoms with Crippen LogP contribution in [0.4, 0.5) is 4.79 Å². The molecule has 0 fully saturated rings. The molecule has 0 aromatic heterocycles. The Bertz CT molecular complexity index is 337. The van der Waals surface area contributed by atoms with Gasteiger partial charge in [-0.15, -0.1) is 0 Å². The third-order valence-corrected chi connectivity index (χ3v) is 1.97. The van der Waals surface area contributed by atoms with E-state index in [0.717, 1.165) is 0 Å². The predicted molar refractivity (Wildman–Crippen MR) is 58.5 cm³/mol. The van der Waals surface area contributed by atoms with E-state index in [-0.39, 0.29) is 0 Å². The molecule has 0 atom stereocenters. The summed E-state index contributed by atoms with van der Waals surface area (Å²) in [6.45, 7) is 1.67. The van der Waals surface area contributed by atoms with Gasteiger partial charge in [0.1, 0.15) is 5.75 Å². The minimum atomic E-state index is -0.469. The van der Waals surface area contributed by atoms with Crippen molar-refractivity contribution in [1.29, 1.82) is 0 Å². The highest BCUT2D eigenvalue weighted by Gasteiger charge is 2.11.